The van der Waals surface area contributed by atoms with Crippen molar-refractivity contribution >= 4 is 58.1 Å². The maximum absolute atomic E-state index is 14.8. The number of carbonyl (C=O) groups is 7. The summed E-state index contributed by atoms with van der Waals surface area (Å²) in [6.45, 7) is 5.37. The molecule has 0 saturated carbocycles. The van der Waals surface area contributed by atoms with Gasteiger partial charge in [0.1, 0.15) is 54.0 Å². The number of anilines is 1. The Hall–Kier alpha value is -6.07. The highest BCUT2D eigenvalue weighted by molar-refractivity contribution is 5.99. The van der Waals surface area contributed by atoms with Crippen molar-refractivity contribution in [3.8, 4) is 0 Å². The van der Waals surface area contributed by atoms with E-state index in [-0.39, 0.29) is 44.0 Å². The molecule has 8 atom stereocenters. The van der Waals surface area contributed by atoms with Gasteiger partial charge in [-0.2, -0.15) is 0 Å². The molecule has 0 unspecified atom stereocenters. The predicted octanol–water partition coefficient (Wildman–Crippen LogP) is 2.73. The van der Waals surface area contributed by atoms with Gasteiger partial charge >= 0.3 is 12.0 Å². The van der Waals surface area contributed by atoms with Gasteiger partial charge in [0.15, 0.2) is 0 Å². The number of hydrogen-bond acceptors (Lipinski definition) is 8. The van der Waals surface area contributed by atoms with Crippen molar-refractivity contribution in [1.29, 1.82) is 0 Å². The molecule has 18 heteroatoms. The monoisotopic (exact) mass is 846 g/mol. The van der Waals surface area contributed by atoms with Crippen molar-refractivity contribution in [2.24, 2.45) is 13.0 Å². The molecule has 4 aliphatic rings. The van der Waals surface area contributed by atoms with Gasteiger partial charge < -0.3 is 45.3 Å². The third kappa shape index (κ3) is 9.32. The van der Waals surface area contributed by atoms with Crippen LogP contribution in [-0.4, -0.2) is 123 Å². The number of aryl methyl sites for hydroxylation is 1. The van der Waals surface area contributed by atoms with Crippen LogP contribution in [0.4, 0.5) is 19.3 Å². The van der Waals surface area contributed by atoms with E-state index in [0.717, 1.165) is 23.0 Å². The topological polar surface area (TPSA) is 191 Å². The third-order valence-corrected chi connectivity index (χ3v) is 12.2. The number of hydrogen-bond donors (Lipinski definition) is 4. The van der Waals surface area contributed by atoms with Gasteiger partial charge in [-0.3, -0.25) is 24.0 Å². The van der Waals surface area contributed by atoms with E-state index < -0.39 is 102 Å². The summed E-state index contributed by atoms with van der Waals surface area (Å²) >= 11 is 0. The number of amides is 7. The number of piperidine rings is 1. The minimum Gasteiger partial charge on any atom is -0.458 e. The maximum atomic E-state index is 14.8. The van der Waals surface area contributed by atoms with Crippen LogP contribution in [0.5, 0.6) is 0 Å². The Morgan fingerprint density at radius 3 is 2.30 bits per heavy atom. The molecule has 4 fully saturated rings. The number of benzene rings is 2. The fourth-order valence-corrected chi connectivity index (χ4v) is 9.06. The molecule has 16 nitrogen and oxygen atoms in total. The fourth-order valence-electron chi connectivity index (χ4n) is 9.06. The number of ether oxygens (including phenoxy) is 1. The van der Waals surface area contributed by atoms with Crippen molar-refractivity contribution < 1.29 is 47.1 Å². The van der Waals surface area contributed by atoms with E-state index >= 15 is 0 Å². The molecule has 0 bridgehead atoms. The Balaban J connectivity index is 1.21. The SMILES string of the molecule is C[C@@H]1C[C@H]2C(=O)O[C@@H](C)[C@H](NC(=O)[C@H](Cc3cc(F)cc(F)c3)NC(=O)Nc3ccc4ccn(C)c4c3)C(=O)N3CCC[C@H]3C(=O)N3CCCC[C@H]3C(=O)N[C@@H](C)C(=O)N2C1. The number of fused-ring (bicyclic) bond motifs is 4. The van der Waals surface area contributed by atoms with Crippen LogP contribution in [0.15, 0.2) is 48.7 Å². The van der Waals surface area contributed by atoms with Crippen LogP contribution < -0.4 is 21.3 Å². The highest BCUT2D eigenvalue weighted by atomic mass is 19.1. The van der Waals surface area contributed by atoms with Gasteiger partial charge in [0, 0.05) is 56.6 Å². The first-order valence-electron chi connectivity index (χ1n) is 20.9. The minimum absolute atomic E-state index is 0.0200. The summed E-state index contributed by atoms with van der Waals surface area (Å²) in [5, 5.41) is 11.6. The second-order valence-corrected chi connectivity index (χ2v) is 16.8. The molecule has 0 spiro atoms. The van der Waals surface area contributed by atoms with Crippen LogP contribution in [-0.2, 0) is 47.0 Å². The molecular weight excluding hydrogens is 795 g/mol. The van der Waals surface area contributed by atoms with E-state index in [1.165, 1.54) is 28.5 Å². The lowest BCUT2D eigenvalue weighted by atomic mass is 9.99. The first kappa shape index (κ1) is 43.0. The summed E-state index contributed by atoms with van der Waals surface area (Å²) in [5.41, 5.74) is 1.22. The Morgan fingerprint density at radius 1 is 0.836 bits per heavy atom. The minimum atomic E-state index is -1.63. The van der Waals surface area contributed by atoms with Gasteiger partial charge in [-0.25, -0.2) is 18.4 Å². The number of halogens is 2. The zero-order valence-corrected chi connectivity index (χ0v) is 34.6. The molecule has 1 aromatic heterocycles. The Bertz CT molecular complexity index is 2210. The van der Waals surface area contributed by atoms with E-state index in [1.807, 2.05) is 30.8 Å². The Labute approximate surface area is 351 Å². The van der Waals surface area contributed by atoms with Crippen LogP contribution in [0.3, 0.4) is 0 Å². The molecule has 0 radical (unpaired) electrons. The van der Waals surface area contributed by atoms with E-state index in [9.17, 15) is 42.3 Å². The van der Waals surface area contributed by atoms with Crippen LogP contribution in [0.2, 0.25) is 0 Å². The van der Waals surface area contributed by atoms with Crippen molar-refractivity contribution in [1.82, 2.24) is 35.2 Å². The molecule has 4 saturated heterocycles. The number of esters is 1. The summed E-state index contributed by atoms with van der Waals surface area (Å²) in [4.78, 5) is 103. The molecule has 326 valence electrons. The first-order valence-corrected chi connectivity index (χ1v) is 20.9. The second kappa shape index (κ2) is 17.9. The number of nitrogens with zero attached hydrogens (tertiary/aromatic N) is 4. The average molecular weight is 847 g/mol. The molecule has 5 heterocycles. The lowest BCUT2D eigenvalue weighted by Gasteiger charge is -2.39. The predicted molar refractivity (Wildman–Crippen MR) is 217 cm³/mol. The molecule has 4 N–H and O–H groups in total. The van der Waals surface area contributed by atoms with Crippen LogP contribution in [0.25, 0.3) is 10.9 Å². The number of aromatic nitrogens is 1. The molecule has 2 aromatic carbocycles. The molecule has 61 heavy (non-hydrogen) atoms. The van der Waals surface area contributed by atoms with Crippen molar-refractivity contribution in [3.05, 3.63) is 65.9 Å². The lowest BCUT2D eigenvalue weighted by molar-refractivity contribution is -0.163. The van der Waals surface area contributed by atoms with E-state index in [0.29, 0.717) is 37.4 Å². The fraction of sp³-hybridized carbons (Fsp3) is 0.512. The number of rotatable bonds is 6. The van der Waals surface area contributed by atoms with Crippen LogP contribution in [0, 0.1) is 17.6 Å². The summed E-state index contributed by atoms with van der Waals surface area (Å²) in [6.07, 6.45) is 2.63. The average Bonchev–Trinajstić information content (AvgIpc) is 3.96. The Morgan fingerprint density at radius 2 is 1.54 bits per heavy atom. The number of cyclic esters (lactones) is 1. The van der Waals surface area contributed by atoms with Crippen LogP contribution >= 0.6 is 0 Å². The smallest absolute Gasteiger partial charge is 0.329 e. The standard InChI is InChI=1S/C43H52F2N8O8/c1-23-16-35-42(59)61-25(3)36(41(58)52-14-7-9-33(52)40(57)51-13-6-5-8-32(51)38(55)46-24(2)39(56)53(35)22-23)49-37(54)31(19-26-17-28(44)20-29(45)18-26)48-43(60)47-30-11-10-27-12-15-50(4)34(27)21-30/h10-12,15,17-18,20-21,23-25,31-33,35-36H,5-9,13-14,16,19,22H2,1-4H3,(H,46,55)(H,49,54)(H2,47,48,60)/t23-,24+,25+,31+,32+,33+,35+,36+/m1/s1. The lowest BCUT2D eigenvalue weighted by Crippen LogP contribution is -2.63. The zero-order chi connectivity index (χ0) is 43.7. The third-order valence-electron chi connectivity index (χ3n) is 12.2. The van der Waals surface area contributed by atoms with Crippen molar-refractivity contribution in [2.75, 3.05) is 25.0 Å². The molecular formula is C43H52F2N8O8. The van der Waals surface area contributed by atoms with Crippen molar-refractivity contribution in [3.63, 3.8) is 0 Å². The van der Waals surface area contributed by atoms with Crippen LogP contribution in [0.1, 0.15) is 64.9 Å². The van der Waals surface area contributed by atoms with Gasteiger partial charge in [-0.05, 0) is 99.6 Å². The number of urea groups is 1. The van der Waals surface area contributed by atoms with E-state index in [1.54, 1.807) is 18.2 Å². The second-order valence-electron chi connectivity index (χ2n) is 16.8. The highest BCUT2D eigenvalue weighted by Crippen LogP contribution is 2.29. The molecule has 3 aromatic rings. The molecule has 4 aliphatic heterocycles. The number of nitrogens with one attached hydrogen (secondary N) is 4. The zero-order valence-electron chi connectivity index (χ0n) is 34.6. The van der Waals surface area contributed by atoms with Gasteiger partial charge in [-0.15, -0.1) is 0 Å². The maximum Gasteiger partial charge on any atom is 0.329 e. The number of carbonyl (C=O) groups excluding carboxylic acids is 7. The molecule has 7 amide bonds. The quantitative estimate of drug-likeness (QED) is 0.273. The largest absolute Gasteiger partial charge is 0.458 e. The summed E-state index contributed by atoms with van der Waals surface area (Å²) in [7, 11) is 1.84. The van der Waals surface area contributed by atoms with Gasteiger partial charge in [-0.1, -0.05) is 13.0 Å². The normalized spacial score (nSPS) is 26.9. The van der Waals surface area contributed by atoms with Gasteiger partial charge in [0.25, 0.3) is 0 Å². The van der Waals surface area contributed by atoms with E-state index in [2.05, 4.69) is 21.3 Å². The van der Waals surface area contributed by atoms with E-state index in [4.69, 9.17) is 4.74 Å². The first-order chi connectivity index (χ1) is 29.1. The highest BCUT2D eigenvalue weighted by Gasteiger charge is 2.47. The van der Waals surface area contributed by atoms with Gasteiger partial charge in [0.2, 0.25) is 29.5 Å². The van der Waals surface area contributed by atoms with Crippen molar-refractivity contribution in [2.45, 2.75) is 108 Å². The summed E-state index contributed by atoms with van der Waals surface area (Å²) < 4.78 is 36.6. The Kier molecular flexibility index (Phi) is 12.6. The molecule has 7 rings (SSSR count). The summed E-state index contributed by atoms with van der Waals surface area (Å²) in [5.74, 6) is -5.98. The van der Waals surface area contributed by atoms with Gasteiger partial charge in [0.05, 0.1) is 0 Å². The summed E-state index contributed by atoms with van der Waals surface area (Å²) in [6, 6.07) is 1.78. The molecule has 0 aliphatic carbocycles.